The van der Waals surface area contributed by atoms with E-state index in [-0.39, 0.29) is 0 Å². The molecule has 0 bridgehead atoms. The van der Waals surface area contributed by atoms with E-state index in [4.69, 9.17) is 28.6 Å². The van der Waals surface area contributed by atoms with Gasteiger partial charge in [0.05, 0.1) is 12.8 Å². The summed E-state index contributed by atoms with van der Waals surface area (Å²) in [4.78, 5) is 0. The third-order valence-corrected chi connectivity index (χ3v) is 3.75. The number of nitrogens with one attached hydrogen (secondary N) is 1. The summed E-state index contributed by atoms with van der Waals surface area (Å²) >= 11 is 11.3. The van der Waals surface area contributed by atoms with Crippen LogP contribution in [0.1, 0.15) is 12.5 Å². The number of rotatable bonds is 5. The molecule has 0 spiro atoms. The summed E-state index contributed by atoms with van der Waals surface area (Å²) in [5.74, 6) is 1.43. The second-order valence-electron chi connectivity index (χ2n) is 4.92. The van der Waals surface area contributed by atoms with Crippen molar-refractivity contribution in [1.82, 2.24) is 14.9 Å². The van der Waals surface area contributed by atoms with Crippen LogP contribution in [0.25, 0.3) is 11.4 Å². The van der Waals surface area contributed by atoms with Crippen LogP contribution in [0.3, 0.4) is 0 Å². The molecular formula is C17H15ClN4OS. The molecule has 7 heteroatoms. The molecule has 3 aromatic rings. The Morgan fingerprint density at radius 2 is 2.08 bits per heavy atom. The number of hydrogen-bond donors (Lipinski definition) is 1. The van der Waals surface area contributed by atoms with Crippen molar-refractivity contribution < 1.29 is 4.74 Å². The van der Waals surface area contributed by atoms with Gasteiger partial charge in [-0.25, -0.2) is 5.10 Å². The fourth-order valence-electron chi connectivity index (χ4n) is 2.15. The fourth-order valence-corrected chi connectivity index (χ4v) is 2.52. The molecule has 0 fully saturated rings. The Balaban J connectivity index is 1.90. The van der Waals surface area contributed by atoms with Crippen molar-refractivity contribution in [3.05, 3.63) is 63.9 Å². The standard InChI is InChI=1S/C17H15ClN4OS/c1-2-23-15-8-6-12(7-9-15)11-19-22-16(20-21-17(22)24)13-4-3-5-14(18)10-13/h3-11H,2H2,1H3,(H,21,24)/b19-11+. The Hall–Kier alpha value is -2.44. The minimum absolute atomic E-state index is 0.409. The molecule has 3 rings (SSSR count). The van der Waals surface area contributed by atoms with E-state index in [1.807, 2.05) is 49.4 Å². The molecule has 24 heavy (non-hydrogen) atoms. The van der Waals surface area contributed by atoms with Crippen molar-refractivity contribution in [3.8, 4) is 17.1 Å². The summed E-state index contributed by atoms with van der Waals surface area (Å²) in [6.45, 7) is 2.59. The van der Waals surface area contributed by atoms with Crippen LogP contribution >= 0.6 is 23.8 Å². The molecule has 0 atom stereocenters. The number of halogens is 1. The van der Waals surface area contributed by atoms with E-state index in [1.54, 1.807) is 17.0 Å². The zero-order chi connectivity index (χ0) is 16.9. The minimum atomic E-state index is 0.409. The van der Waals surface area contributed by atoms with Crippen LogP contribution < -0.4 is 4.74 Å². The molecule has 0 aliphatic rings. The smallest absolute Gasteiger partial charge is 0.216 e. The van der Waals surface area contributed by atoms with Gasteiger partial charge >= 0.3 is 0 Å². The average molecular weight is 359 g/mol. The van der Waals surface area contributed by atoms with Crippen molar-refractivity contribution in [3.63, 3.8) is 0 Å². The second kappa shape index (κ2) is 7.42. The molecule has 0 aliphatic carbocycles. The van der Waals surface area contributed by atoms with Crippen LogP contribution in [0.5, 0.6) is 5.75 Å². The first-order chi connectivity index (χ1) is 11.7. The van der Waals surface area contributed by atoms with Gasteiger partial charge in [-0.15, -0.1) is 0 Å². The van der Waals surface area contributed by atoms with Crippen molar-refractivity contribution in [1.29, 1.82) is 0 Å². The van der Waals surface area contributed by atoms with E-state index in [0.717, 1.165) is 16.9 Å². The number of H-pyrrole nitrogens is 1. The number of aromatic nitrogens is 3. The molecule has 5 nitrogen and oxygen atoms in total. The molecule has 1 N–H and O–H groups in total. The predicted molar refractivity (Wildman–Crippen MR) is 98.5 cm³/mol. The molecule has 0 saturated heterocycles. The lowest BCUT2D eigenvalue weighted by Gasteiger charge is -2.03. The quantitative estimate of drug-likeness (QED) is 0.538. The summed E-state index contributed by atoms with van der Waals surface area (Å²) in [5.41, 5.74) is 1.76. The molecule has 0 aliphatic heterocycles. The van der Waals surface area contributed by atoms with Gasteiger partial charge in [0.2, 0.25) is 4.77 Å². The Bertz CT molecular complexity index is 915. The predicted octanol–water partition coefficient (Wildman–Crippen LogP) is 4.54. The maximum absolute atomic E-state index is 6.04. The van der Waals surface area contributed by atoms with Gasteiger partial charge in [0, 0.05) is 10.6 Å². The summed E-state index contributed by atoms with van der Waals surface area (Å²) in [6, 6.07) is 15.0. The van der Waals surface area contributed by atoms with Gasteiger partial charge in [-0.05, 0) is 61.1 Å². The highest BCUT2D eigenvalue weighted by molar-refractivity contribution is 7.71. The number of nitrogens with zero attached hydrogens (tertiary/aromatic N) is 3. The third-order valence-electron chi connectivity index (χ3n) is 3.25. The fraction of sp³-hybridized carbons (Fsp3) is 0.118. The van der Waals surface area contributed by atoms with Crippen molar-refractivity contribution in [2.75, 3.05) is 6.61 Å². The number of benzene rings is 2. The highest BCUT2D eigenvalue weighted by Gasteiger charge is 2.08. The zero-order valence-electron chi connectivity index (χ0n) is 12.9. The maximum Gasteiger partial charge on any atom is 0.216 e. The molecule has 0 amide bonds. The topological polar surface area (TPSA) is 55.2 Å². The first-order valence-corrected chi connectivity index (χ1v) is 8.16. The normalized spacial score (nSPS) is 11.1. The van der Waals surface area contributed by atoms with E-state index >= 15 is 0 Å². The first kappa shape index (κ1) is 16.4. The van der Waals surface area contributed by atoms with Crippen LogP contribution in [0.2, 0.25) is 5.02 Å². The van der Waals surface area contributed by atoms with Gasteiger partial charge in [-0.3, -0.25) is 0 Å². The Labute approximate surface area is 149 Å². The molecule has 1 heterocycles. The molecule has 0 unspecified atom stereocenters. The Kier molecular flexibility index (Phi) is 5.08. The Morgan fingerprint density at radius 1 is 1.29 bits per heavy atom. The number of ether oxygens (including phenoxy) is 1. The minimum Gasteiger partial charge on any atom is -0.494 e. The number of aromatic amines is 1. The zero-order valence-corrected chi connectivity index (χ0v) is 14.5. The average Bonchev–Trinajstić information content (AvgIpc) is 2.95. The van der Waals surface area contributed by atoms with Crippen LogP contribution in [0.15, 0.2) is 53.6 Å². The van der Waals surface area contributed by atoms with Crippen LogP contribution in [-0.2, 0) is 0 Å². The maximum atomic E-state index is 6.04. The van der Waals surface area contributed by atoms with Crippen LogP contribution in [0, 0.1) is 4.77 Å². The molecule has 0 radical (unpaired) electrons. The molecule has 2 aromatic carbocycles. The monoisotopic (exact) mass is 358 g/mol. The van der Waals surface area contributed by atoms with Crippen LogP contribution in [-0.4, -0.2) is 27.7 Å². The van der Waals surface area contributed by atoms with E-state index < -0.39 is 0 Å². The first-order valence-electron chi connectivity index (χ1n) is 7.38. The summed E-state index contributed by atoms with van der Waals surface area (Å²) in [5, 5.41) is 12.0. The summed E-state index contributed by atoms with van der Waals surface area (Å²) < 4.78 is 7.40. The lowest BCUT2D eigenvalue weighted by Crippen LogP contribution is -1.95. The van der Waals surface area contributed by atoms with Crippen molar-refractivity contribution in [2.24, 2.45) is 5.10 Å². The number of hydrogen-bond acceptors (Lipinski definition) is 4. The van der Waals surface area contributed by atoms with E-state index in [1.165, 1.54) is 0 Å². The second-order valence-corrected chi connectivity index (χ2v) is 5.74. The largest absolute Gasteiger partial charge is 0.494 e. The van der Waals surface area contributed by atoms with Gasteiger partial charge in [0.25, 0.3) is 0 Å². The van der Waals surface area contributed by atoms with Gasteiger partial charge in [-0.2, -0.15) is 14.9 Å². The Morgan fingerprint density at radius 3 is 2.79 bits per heavy atom. The lowest BCUT2D eigenvalue weighted by molar-refractivity contribution is 0.340. The van der Waals surface area contributed by atoms with Gasteiger partial charge < -0.3 is 4.74 Å². The molecule has 1 aromatic heterocycles. The van der Waals surface area contributed by atoms with Crippen LogP contribution in [0.4, 0.5) is 0 Å². The highest BCUT2D eigenvalue weighted by Crippen LogP contribution is 2.21. The van der Waals surface area contributed by atoms with Gasteiger partial charge in [0.15, 0.2) is 5.82 Å². The molecule has 122 valence electrons. The SMILES string of the molecule is CCOc1ccc(/C=N/n2c(-c3cccc(Cl)c3)n[nH]c2=S)cc1. The lowest BCUT2D eigenvalue weighted by atomic mass is 10.2. The molecular weight excluding hydrogens is 344 g/mol. The van der Waals surface area contributed by atoms with E-state index in [9.17, 15) is 0 Å². The highest BCUT2D eigenvalue weighted by atomic mass is 35.5. The van der Waals surface area contributed by atoms with Crippen molar-refractivity contribution >= 4 is 30.0 Å². The summed E-state index contributed by atoms with van der Waals surface area (Å²) in [7, 11) is 0. The van der Waals surface area contributed by atoms with Gasteiger partial charge in [0.1, 0.15) is 5.75 Å². The van der Waals surface area contributed by atoms with E-state index in [0.29, 0.717) is 22.2 Å². The van der Waals surface area contributed by atoms with Crippen molar-refractivity contribution in [2.45, 2.75) is 6.92 Å². The van der Waals surface area contributed by atoms with Gasteiger partial charge in [-0.1, -0.05) is 23.7 Å². The molecule has 0 saturated carbocycles. The van der Waals surface area contributed by atoms with E-state index in [2.05, 4.69) is 15.3 Å². The summed E-state index contributed by atoms with van der Waals surface area (Å²) in [6.07, 6.45) is 1.72. The third kappa shape index (κ3) is 3.72.